The molecular formula is C14H23N3O2S. The third kappa shape index (κ3) is 3.70. The Kier molecular flexibility index (Phi) is 5.37. The molecule has 20 heavy (non-hydrogen) atoms. The van der Waals surface area contributed by atoms with E-state index in [0.717, 1.165) is 23.9 Å². The van der Waals surface area contributed by atoms with Crippen molar-refractivity contribution in [2.45, 2.75) is 26.7 Å². The van der Waals surface area contributed by atoms with Crippen LogP contribution in [0.15, 0.2) is 0 Å². The molecule has 0 spiro atoms. The molecule has 2 rings (SSSR count). The molecule has 0 bridgehead atoms. The lowest BCUT2D eigenvalue weighted by atomic mass is 9.97. The Morgan fingerprint density at radius 2 is 2.20 bits per heavy atom. The lowest BCUT2D eigenvalue weighted by molar-refractivity contribution is 0.0605. The fraction of sp³-hybridized carbons (Fsp3) is 0.714. The summed E-state index contributed by atoms with van der Waals surface area (Å²) < 4.78 is 4.75. The van der Waals surface area contributed by atoms with Crippen molar-refractivity contribution in [1.29, 1.82) is 0 Å². The van der Waals surface area contributed by atoms with Crippen LogP contribution in [0.5, 0.6) is 0 Å². The van der Waals surface area contributed by atoms with E-state index < -0.39 is 0 Å². The highest BCUT2D eigenvalue weighted by atomic mass is 32.1. The number of methoxy groups -OCH3 is 1. The monoisotopic (exact) mass is 297 g/mol. The second-order valence-corrected chi connectivity index (χ2v) is 6.18. The van der Waals surface area contributed by atoms with Gasteiger partial charge in [-0.15, -0.1) is 0 Å². The van der Waals surface area contributed by atoms with E-state index in [0.29, 0.717) is 10.8 Å². The van der Waals surface area contributed by atoms with Gasteiger partial charge in [-0.3, -0.25) is 0 Å². The van der Waals surface area contributed by atoms with Crippen molar-refractivity contribution in [3.8, 4) is 0 Å². The van der Waals surface area contributed by atoms with Crippen molar-refractivity contribution in [2.24, 2.45) is 5.92 Å². The largest absolute Gasteiger partial charge is 0.465 e. The molecule has 1 saturated heterocycles. The molecule has 2 heterocycles. The van der Waals surface area contributed by atoms with Crippen LogP contribution in [0.25, 0.3) is 0 Å². The minimum atomic E-state index is -0.302. The van der Waals surface area contributed by atoms with Crippen molar-refractivity contribution in [2.75, 3.05) is 38.6 Å². The summed E-state index contributed by atoms with van der Waals surface area (Å²) in [4.78, 5) is 19.0. The highest BCUT2D eigenvalue weighted by molar-refractivity contribution is 7.17. The molecule has 0 aromatic carbocycles. The van der Waals surface area contributed by atoms with E-state index >= 15 is 0 Å². The van der Waals surface area contributed by atoms with Crippen LogP contribution < -0.4 is 5.32 Å². The number of nitrogens with one attached hydrogen (secondary N) is 1. The van der Waals surface area contributed by atoms with Gasteiger partial charge in [-0.1, -0.05) is 18.3 Å². The summed E-state index contributed by atoms with van der Waals surface area (Å²) in [7, 11) is 1.40. The molecule has 0 saturated carbocycles. The van der Waals surface area contributed by atoms with Gasteiger partial charge >= 0.3 is 5.97 Å². The maximum absolute atomic E-state index is 11.5. The van der Waals surface area contributed by atoms with Gasteiger partial charge in [0, 0.05) is 6.54 Å². The number of hydrogen-bond donors (Lipinski definition) is 1. The molecule has 0 aliphatic carbocycles. The molecule has 0 atom stereocenters. The zero-order valence-electron chi connectivity index (χ0n) is 12.4. The van der Waals surface area contributed by atoms with E-state index in [1.54, 1.807) is 0 Å². The van der Waals surface area contributed by atoms with Crippen LogP contribution in [0.3, 0.4) is 0 Å². The molecule has 1 aromatic heterocycles. The summed E-state index contributed by atoms with van der Waals surface area (Å²) in [6.07, 6.45) is 2.46. The second kappa shape index (κ2) is 7.04. The molecule has 1 fully saturated rings. The van der Waals surface area contributed by atoms with Crippen LogP contribution in [-0.2, 0) is 4.74 Å². The summed E-state index contributed by atoms with van der Waals surface area (Å²) in [6.45, 7) is 8.51. The number of thiazole rings is 1. The second-order valence-electron chi connectivity index (χ2n) is 5.18. The first-order valence-corrected chi connectivity index (χ1v) is 7.97. The Morgan fingerprint density at radius 1 is 1.50 bits per heavy atom. The molecule has 0 unspecified atom stereocenters. The van der Waals surface area contributed by atoms with E-state index in [4.69, 9.17) is 4.74 Å². The molecule has 6 heteroatoms. The SMILES string of the molecule is CCN1CCC(CNc2nc(C)c(C(=O)OC)s2)CC1. The third-order valence-corrected chi connectivity index (χ3v) is 4.96. The Morgan fingerprint density at radius 3 is 2.80 bits per heavy atom. The van der Waals surface area contributed by atoms with Gasteiger partial charge in [-0.25, -0.2) is 9.78 Å². The lowest BCUT2D eigenvalue weighted by Gasteiger charge is -2.30. The first kappa shape index (κ1) is 15.3. The minimum Gasteiger partial charge on any atom is -0.465 e. The van der Waals surface area contributed by atoms with Crippen molar-refractivity contribution in [3.63, 3.8) is 0 Å². The molecule has 1 aliphatic heterocycles. The maximum atomic E-state index is 11.5. The zero-order valence-corrected chi connectivity index (χ0v) is 13.3. The van der Waals surface area contributed by atoms with E-state index in [9.17, 15) is 4.79 Å². The van der Waals surface area contributed by atoms with Crippen LogP contribution in [0, 0.1) is 12.8 Å². The predicted molar refractivity (Wildman–Crippen MR) is 81.5 cm³/mol. The number of carbonyl (C=O) groups is 1. The molecule has 0 radical (unpaired) electrons. The highest BCUT2D eigenvalue weighted by Crippen LogP contribution is 2.24. The van der Waals surface area contributed by atoms with Crippen LogP contribution in [0.1, 0.15) is 35.1 Å². The number of nitrogens with zero attached hydrogens (tertiary/aromatic N) is 2. The molecule has 1 N–H and O–H groups in total. The van der Waals surface area contributed by atoms with Gasteiger partial charge in [0.25, 0.3) is 0 Å². The minimum absolute atomic E-state index is 0.302. The van der Waals surface area contributed by atoms with Gasteiger partial charge in [0.2, 0.25) is 0 Å². The average molecular weight is 297 g/mol. The number of anilines is 1. The van der Waals surface area contributed by atoms with Crippen molar-refractivity contribution < 1.29 is 9.53 Å². The van der Waals surface area contributed by atoms with Crippen molar-refractivity contribution in [1.82, 2.24) is 9.88 Å². The fourth-order valence-corrected chi connectivity index (χ4v) is 3.38. The number of aromatic nitrogens is 1. The number of rotatable bonds is 5. The Hall–Kier alpha value is -1.14. The summed E-state index contributed by atoms with van der Waals surface area (Å²) in [5.74, 6) is 0.396. The molecule has 1 aromatic rings. The fourth-order valence-electron chi connectivity index (χ4n) is 2.49. The Labute approximate surface area is 124 Å². The first-order chi connectivity index (χ1) is 9.63. The number of carbonyl (C=O) groups excluding carboxylic acids is 1. The van der Waals surface area contributed by atoms with Gasteiger partial charge in [-0.05, 0) is 45.3 Å². The zero-order chi connectivity index (χ0) is 14.5. The molecule has 0 amide bonds. The summed E-state index contributed by atoms with van der Waals surface area (Å²) in [5, 5.41) is 4.19. The Bertz CT molecular complexity index is 453. The van der Waals surface area contributed by atoms with E-state index in [1.165, 1.54) is 44.4 Å². The van der Waals surface area contributed by atoms with Gasteiger partial charge in [0.15, 0.2) is 5.13 Å². The topological polar surface area (TPSA) is 54.5 Å². The van der Waals surface area contributed by atoms with Crippen LogP contribution >= 0.6 is 11.3 Å². The van der Waals surface area contributed by atoms with E-state index in [-0.39, 0.29) is 5.97 Å². The third-order valence-electron chi connectivity index (χ3n) is 3.86. The van der Waals surface area contributed by atoms with Gasteiger partial charge in [0.1, 0.15) is 4.88 Å². The highest BCUT2D eigenvalue weighted by Gasteiger charge is 2.19. The van der Waals surface area contributed by atoms with Crippen LogP contribution in [0.4, 0.5) is 5.13 Å². The Balaban J connectivity index is 1.84. The van der Waals surface area contributed by atoms with E-state index in [1.807, 2.05) is 6.92 Å². The predicted octanol–water partition coefficient (Wildman–Crippen LogP) is 2.38. The van der Waals surface area contributed by atoms with Crippen LogP contribution in [-0.4, -0.2) is 49.1 Å². The van der Waals surface area contributed by atoms with Gasteiger partial charge in [-0.2, -0.15) is 0 Å². The molecule has 1 aliphatic rings. The number of piperidine rings is 1. The number of ether oxygens (including phenoxy) is 1. The standard InChI is InChI=1S/C14H23N3O2S/c1-4-17-7-5-11(6-8-17)9-15-14-16-10(2)12(20-14)13(18)19-3/h11H,4-9H2,1-3H3,(H,15,16). The smallest absolute Gasteiger partial charge is 0.350 e. The summed E-state index contributed by atoms with van der Waals surface area (Å²) in [5.41, 5.74) is 0.741. The number of esters is 1. The normalized spacial score (nSPS) is 17.1. The van der Waals surface area contributed by atoms with Crippen molar-refractivity contribution >= 4 is 22.4 Å². The number of aryl methyl sites for hydroxylation is 1. The summed E-state index contributed by atoms with van der Waals surface area (Å²) in [6, 6.07) is 0. The lowest BCUT2D eigenvalue weighted by Crippen LogP contribution is -2.35. The van der Waals surface area contributed by atoms with E-state index in [2.05, 4.69) is 22.1 Å². The van der Waals surface area contributed by atoms with Crippen molar-refractivity contribution in [3.05, 3.63) is 10.6 Å². The quantitative estimate of drug-likeness (QED) is 0.846. The van der Waals surface area contributed by atoms with Crippen LogP contribution in [0.2, 0.25) is 0 Å². The molecule has 112 valence electrons. The number of hydrogen-bond acceptors (Lipinski definition) is 6. The van der Waals surface area contributed by atoms with Gasteiger partial charge in [0.05, 0.1) is 12.8 Å². The number of likely N-dealkylation sites (tertiary alicyclic amines) is 1. The molecular weight excluding hydrogens is 274 g/mol. The average Bonchev–Trinajstić information content (AvgIpc) is 2.86. The molecule has 5 nitrogen and oxygen atoms in total. The maximum Gasteiger partial charge on any atom is 0.350 e. The summed E-state index contributed by atoms with van der Waals surface area (Å²) >= 11 is 1.38. The van der Waals surface area contributed by atoms with Gasteiger partial charge < -0.3 is 15.0 Å². The first-order valence-electron chi connectivity index (χ1n) is 7.16.